The number of hydrogen-bond donors (Lipinski definition) is 0. The lowest BCUT2D eigenvalue weighted by Crippen LogP contribution is -2.20. The minimum Gasteiger partial charge on any atom is -0.493 e. The highest BCUT2D eigenvalue weighted by atomic mass is 16.5. The molecule has 0 atom stereocenters. The zero-order chi connectivity index (χ0) is 28.3. The maximum Gasteiger partial charge on any atom is 0.282 e. The number of para-hydroxylation sites is 2. The summed E-state index contributed by atoms with van der Waals surface area (Å²) in [6.07, 6.45) is 1.55. The van der Waals surface area contributed by atoms with Gasteiger partial charge in [-0.2, -0.15) is 9.78 Å². The van der Waals surface area contributed by atoms with Gasteiger partial charge in [0.05, 0.1) is 31.3 Å². The van der Waals surface area contributed by atoms with E-state index in [4.69, 9.17) is 23.6 Å². The van der Waals surface area contributed by atoms with Gasteiger partial charge in [-0.3, -0.25) is 4.79 Å². The fourth-order valence-electron chi connectivity index (χ4n) is 4.56. The van der Waals surface area contributed by atoms with Crippen molar-refractivity contribution in [3.8, 4) is 28.8 Å². The third kappa shape index (κ3) is 5.15. The molecule has 0 amide bonds. The number of benzene rings is 4. The van der Waals surface area contributed by atoms with Crippen molar-refractivity contribution in [1.82, 2.24) is 9.66 Å². The van der Waals surface area contributed by atoms with E-state index in [0.29, 0.717) is 51.7 Å². The predicted octanol–water partition coefficient (Wildman–Crippen LogP) is 6.60. The Kier molecular flexibility index (Phi) is 6.95. The number of aryl methyl sites for hydroxylation is 1. The van der Waals surface area contributed by atoms with Crippen LogP contribution >= 0.6 is 0 Å². The average molecular weight is 546 g/mol. The molecular weight excluding hydrogens is 518 g/mol. The number of methoxy groups -OCH3 is 2. The molecule has 6 rings (SSSR count). The predicted molar refractivity (Wildman–Crippen MR) is 159 cm³/mol. The first-order chi connectivity index (χ1) is 20.0. The summed E-state index contributed by atoms with van der Waals surface area (Å²) in [6, 6.07) is 28.3. The van der Waals surface area contributed by atoms with Crippen LogP contribution in [0.3, 0.4) is 0 Å². The van der Waals surface area contributed by atoms with Crippen molar-refractivity contribution in [2.24, 2.45) is 5.10 Å². The summed E-state index contributed by atoms with van der Waals surface area (Å²) in [5.74, 6) is 2.14. The van der Waals surface area contributed by atoms with E-state index in [2.05, 4.69) is 5.10 Å². The lowest BCUT2D eigenvalue weighted by molar-refractivity contribution is 0.266. The Morgan fingerprint density at radius 3 is 2.34 bits per heavy atom. The van der Waals surface area contributed by atoms with Gasteiger partial charge in [0.1, 0.15) is 12.2 Å². The maximum absolute atomic E-state index is 13.6. The molecule has 0 N–H and O–H groups in total. The molecule has 2 aromatic heterocycles. The van der Waals surface area contributed by atoms with Gasteiger partial charge in [-0.05, 0) is 48.9 Å². The first kappa shape index (κ1) is 25.9. The van der Waals surface area contributed by atoms with Gasteiger partial charge in [0.25, 0.3) is 5.56 Å². The number of hydrogen-bond acceptors (Lipinski definition) is 7. The van der Waals surface area contributed by atoms with Gasteiger partial charge in [0.2, 0.25) is 11.6 Å². The maximum atomic E-state index is 13.6. The Labute approximate surface area is 236 Å². The molecule has 0 unspecified atom stereocenters. The minimum absolute atomic E-state index is 0.290. The van der Waals surface area contributed by atoms with Crippen molar-refractivity contribution in [3.63, 3.8) is 0 Å². The highest BCUT2D eigenvalue weighted by Crippen LogP contribution is 2.39. The molecule has 0 bridgehead atoms. The number of nitrogens with zero attached hydrogens (tertiary/aromatic N) is 3. The van der Waals surface area contributed by atoms with Gasteiger partial charge in [0, 0.05) is 10.9 Å². The van der Waals surface area contributed by atoms with Gasteiger partial charge in [-0.15, -0.1) is 0 Å². The van der Waals surface area contributed by atoms with Crippen molar-refractivity contribution in [2.45, 2.75) is 13.5 Å². The third-order valence-electron chi connectivity index (χ3n) is 6.71. The van der Waals surface area contributed by atoms with Crippen LogP contribution in [0.5, 0.6) is 17.2 Å². The summed E-state index contributed by atoms with van der Waals surface area (Å²) >= 11 is 0. The van der Waals surface area contributed by atoms with Gasteiger partial charge < -0.3 is 18.6 Å². The Morgan fingerprint density at radius 2 is 1.61 bits per heavy atom. The molecule has 0 aliphatic carbocycles. The van der Waals surface area contributed by atoms with Crippen molar-refractivity contribution in [3.05, 3.63) is 118 Å². The SMILES string of the molecule is COc1cc(C=Nn2c(-c3cc4ccccc4o3)nc3ccccc3c2=O)cc(OC)c1OCc1ccc(C)cc1. The van der Waals surface area contributed by atoms with E-state index < -0.39 is 0 Å². The molecule has 0 fully saturated rings. The summed E-state index contributed by atoms with van der Waals surface area (Å²) in [7, 11) is 3.12. The number of ether oxygens (including phenoxy) is 3. The zero-order valence-corrected chi connectivity index (χ0v) is 22.8. The molecule has 0 radical (unpaired) electrons. The van der Waals surface area contributed by atoms with E-state index in [9.17, 15) is 4.79 Å². The smallest absolute Gasteiger partial charge is 0.282 e. The normalized spacial score (nSPS) is 11.4. The van der Waals surface area contributed by atoms with E-state index >= 15 is 0 Å². The summed E-state index contributed by atoms with van der Waals surface area (Å²) in [6.45, 7) is 2.39. The van der Waals surface area contributed by atoms with E-state index in [0.717, 1.165) is 10.9 Å². The molecule has 0 aliphatic rings. The quantitative estimate of drug-likeness (QED) is 0.200. The monoisotopic (exact) mass is 545 g/mol. The largest absolute Gasteiger partial charge is 0.493 e. The molecule has 41 heavy (non-hydrogen) atoms. The van der Waals surface area contributed by atoms with Crippen molar-refractivity contribution in [1.29, 1.82) is 0 Å². The topological polar surface area (TPSA) is 88.1 Å². The van der Waals surface area contributed by atoms with Crippen LogP contribution in [0, 0.1) is 6.92 Å². The van der Waals surface area contributed by atoms with Crippen molar-refractivity contribution < 1.29 is 18.6 Å². The third-order valence-corrected chi connectivity index (χ3v) is 6.71. The van der Waals surface area contributed by atoms with Crippen LogP contribution in [-0.4, -0.2) is 30.1 Å². The Bertz CT molecular complexity index is 1900. The lowest BCUT2D eigenvalue weighted by Gasteiger charge is -2.15. The summed E-state index contributed by atoms with van der Waals surface area (Å²) in [5.41, 5.74) is 3.76. The molecule has 6 aromatic rings. The Balaban J connectivity index is 1.40. The Hall–Kier alpha value is -5.37. The van der Waals surface area contributed by atoms with E-state index in [-0.39, 0.29) is 11.4 Å². The number of fused-ring (bicyclic) bond motifs is 2. The average Bonchev–Trinajstić information content (AvgIpc) is 3.44. The first-order valence-corrected chi connectivity index (χ1v) is 13.0. The van der Waals surface area contributed by atoms with Gasteiger partial charge in [0.15, 0.2) is 17.3 Å². The Morgan fingerprint density at radius 1 is 0.902 bits per heavy atom. The van der Waals surface area contributed by atoms with Crippen LogP contribution in [0.2, 0.25) is 0 Å². The summed E-state index contributed by atoms with van der Waals surface area (Å²) in [4.78, 5) is 18.3. The van der Waals surface area contributed by atoms with Gasteiger partial charge in [-0.1, -0.05) is 60.2 Å². The molecule has 2 heterocycles. The molecular formula is C33H27N3O5. The minimum atomic E-state index is -0.320. The van der Waals surface area contributed by atoms with Crippen molar-refractivity contribution in [2.75, 3.05) is 14.2 Å². The molecule has 0 aliphatic heterocycles. The van der Waals surface area contributed by atoms with E-state index in [1.165, 1.54) is 10.2 Å². The highest BCUT2D eigenvalue weighted by molar-refractivity contribution is 5.85. The van der Waals surface area contributed by atoms with Crippen LogP contribution in [0.1, 0.15) is 16.7 Å². The fraction of sp³-hybridized carbons (Fsp3) is 0.121. The molecule has 8 heteroatoms. The summed E-state index contributed by atoms with van der Waals surface area (Å²) in [5, 5.41) is 5.90. The van der Waals surface area contributed by atoms with Crippen LogP contribution in [0.15, 0.2) is 105 Å². The number of aromatic nitrogens is 2. The second-order valence-corrected chi connectivity index (χ2v) is 9.49. The molecule has 0 saturated carbocycles. The zero-order valence-electron chi connectivity index (χ0n) is 22.8. The lowest BCUT2D eigenvalue weighted by atomic mass is 10.1. The van der Waals surface area contributed by atoms with Crippen LogP contribution < -0.4 is 19.8 Å². The van der Waals surface area contributed by atoms with E-state index in [1.54, 1.807) is 50.8 Å². The number of rotatable bonds is 8. The molecule has 4 aromatic carbocycles. The van der Waals surface area contributed by atoms with E-state index in [1.807, 2.05) is 67.6 Å². The highest BCUT2D eigenvalue weighted by Gasteiger charge is 2.17. The van der Waals surface area contributed by atoms with Crippen LogP contribution in [0.4, 0.5) is 0 Å². The van der Waals surface area contributed by atoms with Crippen LogP contribution in [-0.2, 0) is 6.61 Å². The molecule has 0 saturated heterocycles. The second kappa shape index (κ2) is 11.0. The standard InChI is InChI=1S/C33H27N3O5/c1-21-12-14-22(15-13-21)20-40-31-28(38-2)16-23(17-29(31)39-3)19-34-36-32(30-18-24-8-4-7-11-27(24)41-30)35-26-10-6-5-9-25(26)33(36)37/h4-19H,20H2,1-3H3. The van der Waals surface area contributed by atoms with Gasteiger partial charge >= 0.3 is 0 Å². The number of furan rings is 1. The first-order valence-electron chi connectivity index (χ1n) is 13.0. The van der Waals surface area contributed by atoms with Crippen molar-refractivity contribution >= 4 is 28.1 Å². The second-order valence-electron chi connectivity index (χ2n) is 9.49. The summed E-state index contributed by atoms with van der Waals surface area (Å²) < 4.78 is 24.7. The molecule has 0 spiro atoms. The van der Waals surface area contributed by atoms with Gasteiger partial charge in [-0.25, -0.2) is 4.98 Å². The molecule has 204 valence electrons. The molecule has 8 nitrogen and oxygen atoms in total. The fourth-order valence-corrected chi connectivity index (χ4v) is 4.56. The van der Waals surface area contributed by atoms with Crippen LogP contribution in [0.25, 0.3) is 33.5 Å².